The molecule has 4 aromatic rings. The Morgan fingerprint density at radius 3 is 2.61 bits per heavy atom. The van der Waals surface area contributed by atoms with Crippen molar-refractivity contribution in [2.75, 3.05) is 11.9 Å². The SMILES string of the molecule is C=CCN1C(=O)c2ccccc2NC1c1cn(-c2ccccc2)nc1-c1cccnc1. The Labute approximate surface area is 180 Å². The Morgan fingerprint density at radius 1 is 1.03 bits per heavy atom. The smallest absolute Gasteiger partial charge is 0.258 e. The van der Waals surface area contributed by atoms with E-state index < -0.39 is 6.17 Å². The molecule has 2 aromatic heterocycles. The van der Waals surface area contributed by atoms with Gasteiger partial charge in [-0.3, -0.25) is 9.78 Å². The minimum Gasteiger partial charge on any atom is -0.361 e. The molecule has 1 aliphatic rings. The lowest BCUT2D eigenvalue weighted by molar-refractivity contribution is 0.0708. The number of nitrogens with zero attached hydrogens (tertiary/aromatic N) is 4. The molecule has 1 atom stereocenters. The molecule has 6 nitrogen and oxygen atoms in total. The van der Waals surface area contributed by atoms with Gasteiger partial charge in [0.05, 0.1) is 11.3 Å². The van der Waals surface area contributed by atoms with Crippen LogP contribution in [0.5, 0.6) is 0 Å². The highest BCUT2D eigenvalue weighted by Crippen LogP contribution is 2.37. The van der Waals surface area contributed by atoms with E-state index in [1.54, 1.807) is 23.4 Å². The largest absolute Gasteiger partial charge is 0.361 e. The van der Waals surface area contributed by atoms with Crippen molar-refractivity contribution in [3.8, 4) is 16.9 Å². The number of hydrogen-bond acceptors (Lipinski definition) is 4. The van der Waals surface area contributed by atoms with Crippen molar-refractivity contribution >= 4 is 11.6 Å². The molecule has 152 valence electrons. The molecule has 0 bridgehead atoms. The number of amides is 1. The summed E-state index contributed by atoms with van der Waals surface area (Å²) in [6.07, 6.45) is 6.85. The molecule has 2 aromatic carbocycles. The van der Waals surface area contributed by atoms with Gasteiger partial charge in [0.2, 0.25) is 0 Å². The van der Waals surface area contributed by atoms with Crippen molar-refractivity contribution in [2.45, 2.75) is 6.17 Å². The number of benzene rings is 2. The van der Waals surface area contributed by atoms with Crippen molar-refractivity contribution in [1.29, 1.82) is 0 Å². The molecule has 1 amide bonds. The fourth-order valence-electron chi connectivity index (χ4n) is 3.89. The van der Waals surface area contributed by atoms with Gasteiger partial charge in [-0.25, -0.2) is 4.68 Å². The summed E-state index contributed by atoms with van der Waals surface area (Å²) in [5.41, 5.74) is 4.95. The van der Waals surface area contributed by atoms with Crippen LogP contribution in [0.2, 0.25) is 0 Å². The van der Waals surface area contributed by atoms with Gasteiger partial charge < -0.3 is 10.2 Å². The van der Waals surface area contributed by atoms with E-state index in [9.17, 15) is 4.79 Å². The quantitative estimate of drug-likeness (QED) is 0.488. The summed E-state index contributed by atoms with van der Waals surface area (Å²) in [5, 5.41) is 8.41. The molecule has 0 spiro atoms. The predicted octanol–water partition coefficient (Wildman–Crippen LogP) is 4.69. The second-order valence-corrected chi connectivity index (χ2v) is 7.29. The number of para-hydroxylation sites is 2. The average molecular weight is 407 g/mol. The van der Waals surface area contributed by atoms with E-state index in [0.29, 0.717) is 12.1 Å². The molecule has 1 N–H and O–H groups in total. The molecule has 0 fully saturated rings. The Kier molecular flexibility index (Phi) is 4.80. The first-order valence-electron chi connectivity index (χ1n) is 10.1. The third kappa shape index (κ3) is 3.38. The van der Waals surface area contributed by atoms with Crippen LogP contribution in [0.3, 0.4) is 0 Å². The molecule has 5 rings (SSSR count). The van der Waals surface area contributed by atoms with Gasteiger partial charge >= 0.3 is 0 Å². The van der Waals surface area contributed by atoms with Crippen molar-refractivity contribution < 1.29 is 4.79 Å². The molecule has 0 saturated carbocycles. The number of rotatable bonds is 5. The van der Waals surface area contributed by atoms with Gasteiger partial charge in [-0.1, -0.05) is 36.4 Å². The zero-order valence-electron chi connectivity index (χ0n) is 16.8. The van der Waals surface area contributed by atoms with Crippen LogP contribution in [-0.2, 0) is 0 Å². The van der Waals surface area contributed by atoms with Gasteiger partial charge in [0.25, 0.3) is 5.91 Å². The van der Waals surface area contributed by atoms with E-state index in [4.69, 9.17) is 5.10 Å². The highest BCUT2D eigenvalue weighted by Gasteiger charge is 2.34. The molecule has 1 aliphatic heterocycles. The average Bonchev–Trinajstić information content (AvgIpc) is 3.27. The van der Waals surface area contributed by atoms with Crippen LogP contribution in [0, 0.1) is 0 Å². The van der Waals surface area contributed by atoms with Gasteiger partial charge in [-0.2, -0.15) is 5.10 Å². The third-order valence-corrected chi connectivity index (χ3v) is 5.34. The maximum absolute atomic E-state index is 13.3. The van der Waals surface area contributed by atoms with E-state index in [0.717, 1.165) is 28.2 Å². The zero-order chi connectivity index (χ0) is 21.2. The van der Waals surface area contributed by atoms with Crippen LogP contribution in [0.1, 0.15) is 22.1 Å². The summed E-state index contributed by atoms with van der Waals surface area (Å²) in [5.74, 6) is -0.0381. The van der Waals surface area contributed by atoms with Crippen LogP contribution < -0.4 is 5.32 Å². The molecular formula is C25H21N5O. The van der Waals surface area contributed by atoms with E-state index in [1.807, 2.05) is 77.6 Å². The number of hydrogen-bond donors (Lipinski definition) is 1. The molecule has 31 heavy (non-hydrogen) atoms. The van der Waals surface area contributed by atoms with E-state index >= 15 is 0 Å². The number of pyridine rings is 1. The van der Waals surface area contributed by atoms with E-state index in [1.165, 1.54) is 0 Å². The summed E-state index contributed by atoms with van der Waals surface area (Å²) >= 11 is 0. The highest BCUT2D eigenvalue weighted by molar-refractivity contribution is 6.02. The molecule has 0 aliphatic carbocycles. The first-order valence-corrected chi connectivity index (χ1v) is 10.1. The van der Waals surface area contributed by atoms with Gasteiger partial charge in [0, 0.05) is 41.9 Å². The lowest BCUT2D eigenvalue weighted by Crippen LogP contribution is -2.43. The van der Waals surface area contributed by atoms with Crippen LogP contribution in [0.4, 0.5) is 5.69 Å². The van der Waals surface area contributed by atoms with Gasteiger partial charge in [0.15, 0.2) is 0 Å². The molecule has 0 saturated heterocycles. The molecule has 6 heteroatoms. The second kappa shape index (κ2) is 7.91. The zero-order valence-corrected chi connectivity index (χ0v) is 16.8. The van der Waals surface area contributed by atoms with Crippen LogP contribution in [0.15, 0.2) is 98.0 Å². The Bertz CT molecular complexity index is 1230. The monoisotopic (exact) mass is 407 g/mol. The number of anilines is 1. The van der Waals surface area contributed by atoms with E-state index in [-0.39, 0.29) is 5.91 Å². The first kappa shape index (κ1) is 18.8. The summed E-state index contributed by atoms with van der Waals surface area (Å²) in [7, 11) is 0. The first-order chi connectivity index (χ1) is 15.3. The fourth-order valence-corrected chi connectivity index (χ4v) is 3.89. The van der Waals surface area contributed by atoms with Crippen LogP contribution >= 0.6 is 0 Å². The van der Waals surface area contributed by atoms with E-state index in [2.05, 4.69) is 16.9 Å². The maximum Gasteiger partial charge on any atom is 0.258 e. The summed E-state index contributed by atoms with van der Waals surface area (Å²) < 4.78 is 1.84. The Hall–Kier alpha value is -4.19. The van der Waals surface area contributed by atoms with Crippen molar-refractivity contribution in [1.82, 2.24) is 19.7 Å². The number of carbonyl (C=O) groups excluding carboxylic acids is 1. The van der Waals surface area contributed by atoms with Gasteiger partial charge in [-0.15, -0.1) is 6.58 Å². The standard InChI is InChI=1S/C25H21N5O/c1-2-15-29-24(27-22-13-7-6-12-20(22)25(29)31)21-17-30(19-10-4-3-5-11-19)28-23(21)18-9-8-14-26-16-18/h2-14,16-17,24,27H,1,15H2. The Balaban J connectivity index is 1.68. The molecule has 0 radical (unpaired) electrons. The Morgan fingerprint density at radius 2 is 1.84 bits per heavy atom. The predicted molar refractivity (Wildman–Crippen MR) is 121 cm³/mol. The summed E-state index contributed by atoms with van der Waals surface area (Å²) in [4.78, 5) is 19.4. The topological polar surface area (TPSA) is 63.1 Å². The van der Waals surface area contributed by atoms with Crippen LogP contribution in [-0.4, -0.2) is 32.1 Å². The minimum absolute atomic E-state index is 0.0381. The number of carbonyl (C=O) groups is 1. The van der Waals surface area contributed by atoms with Crippen LogP contribution in [0.25, 0.3) is 16.9 Å². The number of fused-ring (bicyclic) bond motifs is 1. The lowest BCUT2D eigenvalue weighted by atomic mass is 10.0. The summed E-state index contributed by atoms with van der Waals surface area (Å²) in [6.45, 7) is 4.26. The summed E-state index contributed by atoms with van der Waals surface area (Å²) in [6, 6.07) is 21.4. The third-order valence-electron chi connectivity index (χ3n) is 5.34. The molecule has 3 heterocycles. The van der Waals surface area contributed by atoms with Crippen molar-refractivity contribution in [2.24, 2.45) is 0 Å². The minimum atomic E-state index is -0.395. The van der Waals surface area contributed by atoms with Crippen molar-refractivity contribution in [3.05, 3.63) is 109 Å². The van der Waals surface area contributed by atoms with Crippen molar-refractivity contribution in [3.63, 3.8) is 0 Å². The molecule has 1 unspecified atom stereocenters. The lowest BCUT2D eigenvalue weighted by Gasteiger charge is -2.37. The van der Waals surface area contributed by atoms with Gasteiger partial charge in [0.1, 0.15) is 11.9 Å². The highest BCUT2D eigenvalue weighted by atomic mass is 16.2. The second-order valence-electron chi connectivity index (χ2n) is 7.29. The van der Waals surface area contributed by atoms with Gasteiger partial charge in [-0.05, 0) is 36.4 Å². The number of nitrogens with one attached hydrogen (secondary N) is 1. The fraction of sp³-hybridized carbons (Fsp3) is 0.0800. The maximum atomic E-state index is 13.3. The molecular weight excluding hydrogens is 386 g/mol. The number of aromatic nitrogens is 3. The normalized spacial score (nSPS) is 15.3.